The highest BCUT2D eigenvalue weighted by molar-refractivity contribution is 5.36. The summed E-state index contributed by atoms with van der Waals surface area (Å²) < 4.78 is 5.99. The minimum atomic E-state index is -0.432. The molecule has 118 valence electrons. The third-order valence-corrected chi connectivity index (χ3v) is 3.97. The van der Waals surface area contributed by atoms with Gasteiger partial charge < -0.3 is 4.74 Å². The lowest BCUT2D eigenvalue weighted by Gasteiger charge is -2.14. The molecule has 2 aromatic carbocycles. The van der Waals surface area contributed by atoms with Gasteiger partial charge in [-0.3, -0.25) is 20.2 Å². The molecule has 0 saturated carbocycles. The van der Waals surface area contributed by atoms with Crippen LogP contribution in [0.15, 0.2) is 48.5 Å². The highest BCUT2D eigenvalue weighted by Crippen LogP contribution is 2.41. The largest absolute Gasteiger partial charge is 0.366 e. The summed E-state index contributed by atoms with van der Waals surface area (Å²) in [7, 11) is 0. The van der Waals surface area contributed by atoms with Gasteiger partial charge in [-0.25, -0.2) is 0 Å². The van der Waals surface area contributed by atoms with Gasteiger partial charge in [0.25, 0.3) is 11.4 Å². The number of non-ortho nitro benzene ring substituents is 2. The van der Waals surface area contributed by atoms with E-state index in [0.717, 1.165) is 24.0 Å². The highest BCUT2D eigenvalue weighted by atomic mass is 16.6. The van der Waals surface area contributed by atoms with Gasteiger partial charge in [0.1, 0.15) is 0 Å². The molecular formula is C16H14N2O5. The quantitative estimate of drug-likeness (QED) is 0.625. The predicted octanol–water partition coefficient (Wildman–Crippen LogP) is 4.10. The summed E-state index contributed by atoms with van der Waals surface area (Å²) in [5, 5.41) is 21.3. The maximum Gasteiger partial charge on any atom is 0.269 e. The number of hydrogen-bond donors (Lipinski definition) is 0. The first-order chi connectivity index (χ1) is 11.0. The number of nitro groups is 2. The van der Waals surface area contributed by atoms with Crippen LogP contribution in [0.1, 0.15) is 36.2 Å². The van der Waals surface area contributed by atoms with E-state index in [2.05, 4.69) is 0 Å². The zero-order valence-corrected chi connectivity index (χ0v) is 12.1. The van der Waals surface area contributed by atoms with Gasteiger partial charge in [-0.05, 0) is 48.2 Å². The zero-order chi connectivity index (χ0) is 16.4. The Morgan fingerprint density at radius 3 is 1.39 bits per heavy atom. The van der Waals surface area contributed by atoms with Crippen molar-refractivity contribution >= 4 is 11.4 Å². The first kappa shape index (κ1) is 15.1. The Kier molecular flexibility index (Phi) is 4.03. The fourth-order valence-electron chi connectivity index (χ4n) is 2.75. The fraction of sp³-hybridized carbons (Fsp3) is 0.250. The molecule has 1 aliphatic heterocycles. The average molecular weight is 314 g/mol. The number of rotatable bonds is 4. The third kappa shape index (κ3) is 3.19. The monoisotopic (exact) mass is 314 g/mol. The molecule has 1 aliphatic rings. The van der Waals surface area contributed by atoms with E-state index in [0.29, 0.717) is 0 Å². The lowest BCUT2D eigenvalue weighted by Crippen LogP contribution is -2.00. The summed E-state index contributed by atoms with van der Waals surface area (Å²) in [6.07, 6.45) is 1.38. The van der Waals surface area contributed by atoms with E-state index in [9.17, 15) is 20.2 Å². The molecule has 0 bridgehead atoms. The second-order valence-corrected chi connectivity index (χ2v) is 5.39. The maximum absolute atomic E-state index is 10.7. The van der Waals surface area contributed by atoms with Crippen LogP contribution in [0.3, 0.4) is 0 Å². The van der Waals surface area contributed by atoms with Gasteiger partial charge in [-0.15, -0.1) is 0 Å². The average Bonchev–Trinajstić information content (AvgIpc) is 3.05. The topological polar surface area (TPSA) is 95.5 Å². The van der Waals surface area contributed by atoms with Crippen LogP contribution in [0.2, 0.25) is 0 Å². The molecule has 1 heterocycles. The van der Waals surface area contributed by atoms with Gasteiger partial charge in [-0.2, -0.15) is 0 Å². The minimum absolute atomic E-state index is 0.0543. The molecule has 0 N–H and O–H groups in total. The van der Waals surface area contributed by atoms with Crippen molar-refractivity contribution in [2.45, 2.75) is 25.0 Å². The van der Waals surface area contributed by atoms with E-state index >= 15 is 0 Å². The normalized spacial score (nSPS) is 20.3. The lowest BCUT2D eigenvalue weighted by molar-refractivity contribution is -0.385. The Morgan fingerprint density at radius 1 is 0.739 bits per heavy atom. The molecule has 1 saturated heterocycles. The maximum atomic E-state index is 10.7. The van der Waals surface area contributed by atoms with Crippen molar-refractivity contribution in [2.24, 2.45) is 0 Å². The summed E-state index contributed by atoms with van der Waals surface area (Å²) in [5.74, 6) is 0. The van der Waals surface area contributed by atoms with Gasteiger partial charge in [0, 0.05) is 24.3 Å². The first-order valence-electron chi connectivity index (χ1n) is 7.19. The number of benzene rings is 2. The van der Waals surface area contributed by atoms with E-state index in [1.807, 2.05) is 0 Å². The summed E-state index contributed by atoms with van der Waals surface area (Å²) in [6, 6.07) is 12.7. The van der Waals surface area contributed by atoms with Crippen LogP contribution in [0.5, 0.6) is 0 Å². The Bertz CT molecular complexity index is 664. The molecule has 2 aromatic rings. The molecule has 2 unspecified atom stereocenters. The Morgan fingerprint density at radius 2 is 1.09 bits per heavy atom. The highest BCUT2D eigenvalue weighted by Gasteiger charge is 2.28. The SMILES string of the molecule is O=[N+]([O-])c1ccc(C2CCC(c3ccc([N+](=O)[O-])cc3)O2)cc1. The van der Waals surface area contributed by atoms with E-state index in [1.54, 1.807) is 24.3 Å². The number of hydrogen-bond acceptors (Lipinski definition) is 5. The van der Waals surface area contributed by atoms with Crippen molar-refractivity contribution in [2.75, 3.05) is 0 Å². The van der Waals surface area contributed by atoms with E-state index in [-0.39, 0.29) is 23.6 Å². The Labute approximate surface area is 131 Å². The third-order valence-electron chi connectivity index (χ3n) is 3.97. The van der Waals surface area contributed by atoms with E-state index in [4.69, 9.17) is 4.74 Å². The van der Waals surface area contributed by atoms with E-state index < -0.39 is 9.85 Å². The van der Waals surface area contributed by atoms with Gasteiger partial charge in [-0.1, -0.05) is 0 Å². The van der Waals surface area contributed by atoms with Crippen molar-refractivity contribution in [1.29, 1.82) is 0 Å². The molecule has 0 spiro atoms. The zero-order valence-electron chi connectivity index (χ0n) is 12.1. The fourth-order valence-corrected chi connectivity index (χ4v) is 2.75. The molecule has 1 fully saturated rings. The molecule has 23 heavy (non-hydrogen) atoms. The van der Waals surface area contributed by atoms with Crippen molar-refractivity contribution in [3.63, 3.8) is 0 Å². The number of nitrogens with zero attached hydrogens (tertiary/aromatic N) is 2. The summed E-state index contributed by atoms with van der Waals surface area (Å²) in [4.78, 5) is 20.5. The van der Waals surface area contributed by atoms with Crippen LogP contribution < -0.4 is 0 Å². The molecule has 0 aliphatic carbocycles. The minimum Gasteiger partial charge on any atom is -0.366 e. The van der Waals surface area contributed by atoms with Crippen LogP contribution in [-0.2, 0) is 4.74 Å². The standard InChI is InChI=1S/C16H14N2O5/c19-17(20)13-5-1-11(2-6-13)15-9-10-16(23-15)12-3-7-14(8-4-12)18(21)22/h1-8,15-16H,9-10H2. The second kappa shape index (κ2) is 6.13. The van der Waals surface area contributed by atoms with Gasteiger partial charge in [0.2, 0.25) is 0 Å². The Balaban J connectivity index is 1.70. The van der Waals surface area contributed by atoms with Gasteiger partial charge >= 0.3 is 0 Å². The molecule has 3 rings (SSSR count). The van der Waals surface area contributed by atoms with Crippen LogP contribution in [0.25, 0.3) is 0 Å². The first-order valence-corrected chi connectivity index (χ1v) is 7.19. The Hall–Kier alpha value is -2.80. The summed E-state index contributed by atoms with van der Waals surface area (Å²) in [6.45, 7) is 0. The summed E-state index contributed by atoms with van der Waals surface area (Å²) >= 11 is 0. The number of nitro benzene ring substituents is 2. The van der Waals surface area contributed by atoms with E-state index in [1.165, 1.54) is 24.3 Å². The molecular weight excluding hydrogens is 300 g/mol. The predicted molar refractivity (Wildman–Crippen MR) is 82.0 cm³/mol. The molecule has 0 radical (unpaired) electrons. The van der Waals surface area contributed by atoms with Crippen molar-refractivity contribution in [3.05, 3.63) is 79.9 Å². The molecule has 2 atom stereocenters. The summed E-state index contributed by atoms with van der Waals surface area (Å²) in [5.41, 5.74) is 1.91. The number of ether oxygens (including phenoxy) is 1. The lowest BCUT2D eigenvalue weighted by atomic mass is 10.0. The van der Waals surface area contributed by atoms with Crippen LogP contribution in [0, 0.1) is 20.2 Å². The van der Waals surface area contributed by atoms with Crippen LogP contribution in [0.4, 0.5) is 11.4 Å². The van der Waals surface area contributed by atoms with Crippen LogP contribution >= 0.6 is 0 Å². The van der Waals surface area contributed by atoms with Gasteiger partial charge in [0.15, 0.2) is 0 Å². The second-order valence-electron chi connectivity index (χ2n) is 5.39. The van der Waals surface area contributed by atoms with Crippen molar-refractivity contribution in [3.8, 4) is 0 Å². The van der Waals surface area contributed by atoms with Gasteiger partial charge in [0.05, 0.1) is 22.1 Å². The smallest absolute Gasteiger partial charge is 0.269 e. The van der Waals surface area contributed by atoms with Crippen LogP contribution in [-0.4, -0.2) is 9.85 Å². The molecule has 7 nitrogen and oxygen atoms in total. The van der Waals surface area contributed by atoms with Crippen molar-refractivity contribution in [1.82, 2.24) is 0 Å². The molecule has 7 heteroatoms. The molecule has 0 amide bonds. The van der Waals surface area contributed by atoms with Crippen molar-refractivity contribution < 1.29 is 14.6 Å². The molecule has 0 aromatic heterocycles.